The summed E-state index contributed by atoms with van der Waals surface area (Å²) < 4.78 is 13.2. The molecular weight excluding hydrogens is 201 g/mol. The fourth-order valence-electron chi connectivity index (χ4n) is 1.15. The van der Waals surface area contributed by atoms with Crippen LogP contribution in [0.5, 0.6) is 0 Å². The number of halogens is 2. The number of hydrogen-bond donors (Lipinski definition) is 0. The predicted octanol–water partition coefficient (Wildman–Crippen LogP) is 3.34. The van der Waals surface area contributed by atoms with Crippen molar-refractivity contribution in [3.05, 3.63) is 53.4 Å². The van der Waals surface area contributed by atoms with Crippen LogP contribution in [0.3, 0.4) is 0 Å². The molecule has 69 valence electrons. The SMILES string of the molecule is Fc1[c]cccc1-c1ccc(Cl)cn1. The molecule has 0 atom stereocenters. The Kier molecular flexibility index (Phi) is 2.46. The topological polar surface area (TPSA) is 12.9 Å². The maximum absolute atomic E-state index is 13.2. The van der Waals surface area contributed by atoms with Crippen molar-refractivity contribution in [1.29, 1.82) is 0 Å². The van der Waals surface area contributed by atoms with Crippen molar-refractivity contribution in [3.63, 3.8) is 0 Å². The fraction of sp³-hybridized carbons (Fsp3) is 0. The molecule has 0 aliphatic carbocycles. The lowest BCUT2D eigenvalue weighted by Crippen LogP contribution is -1.86. The number of nitrogens with zero attached hydrogens (tertiary/aromatic N) is 1. The van der Waals surface area contributed by atoms with Gasteiger partial charge in [0.05, 0.1) is 10.7 Å². The lowest BCUT2D eigenvalue weighted by molar-refractivity contribution is 0.628. The van der Waals surface area contributed by atoms with Crippen molar-refractivity contribution in [2.45, 2.75) is 0 Å². The Hall–Kier alpha value is -1.41. The molecule has 2 rings (SSSR count). The van der Waals surface area contributed by atoms with Crippen molar-refractivity contribution in [3.8, 4) is 11.3 Å². The van der Waals surface area contributed by atoms with Gasteiger partial charge in [-0.3, -0.25) is 4.98 Å². The average molecular weight is 207 g/mol. The van der Waals surface area contributed by atoms with Gasteiger partial charge in [-0.1, -0.05) is 23.7 Å². The summed E-state index contributed by atoms with van der Waals surface area (Å²) in [5, 5.41) is 0.536. The Morgan fingerprint density at radius 2 is 2.14 bits per heavy atom. The molecule has 0 unspecified atom stereocenters. The molecule has 2 aromatic rings. The molecule has 0 spiro atoms. The van der Waals surface area contributed by atoms with Crippen LogP contribution < -0.4 is 0 Å². The van der Waals surface area contributed by atoms with E-state index in [4.69, 9.17) is 11.6 Å². The Labute approximate surface area is 86.2 Å². The molecule has 1 aromatic carbocycles. The minimum absolute atomic E-state index is 0.401. The minimum Gasteiger partial charge on any atom is -0.255 e. The van der Waals surface area contributed by atoms with E-state index in [0.717, 1.165) is 0 Å². The van der Waals surface area contributed by atoms with Crippen LogP contribution in [0.1, 0.15) is 0 Å². The summed E-state index contributed by atoms with van der Waals surface area (Å²) in [4.78, 5) is 4.02. The molecule has 0 bridgehead atoms. The van der Waals surface area contributed by atoms with E-state index in [-0.39, 0.29) is 0 Å². The summed E-state index contributed by atoms with van der Waals surface area (Å²) in [5.41, 5.74) is 0.993. The van der Waals surface area contributed by atoms with Gasteiger partial charge in [0.25, 0.3) is 0 Å². The molecule has 0 saturated heterocycles. The first-order chi connectivity index (χ1) is 6.77. The van der Waals surface area contributed by atoms with Gasteiger partial charge in [0.1, 0.15) is 5.82 Å². The van der Waals surface area contributed by atoms with Crippen LogP contribution in [0.4, 0.5) is 4.39 Å². The molecule has 1 aromatic heterocycles. The molecule has 0 N–H and O–H groups in total. The highest BCUT2D eigenvalue weighted by atomic mass is 35.5. The quantitative estimate of drug-likeness (QED) is 0.698. The lowest BCUT2D eigenvalue weighted by Gasteiger charge is -2.00. The number of rotatable bonds is 1. The van der Waals surface area contributed by atoms with Gasteiger partial charge in [-0.25, -0.2) is 4.39 Å². The normalized spacial score (nSPS) is 10.1. The van der Waals surface area contributed by atoms with E-state index >= 15 is 0 Å². The van der Waals surface area contributed by atoms with Crippen LogP contribution in [0, 0.1) is 11.9 Å². The van der Waals surface area contributed by atoms with Gasteiger partial charge < -0.3 is 0 Å². The Morgan fingerprint density at radius 1 is 1.29 bits per heavy atom. The second-order valence-corrected chi connectivity index (χ2v) is 3.20. The van der Waals surface area contributed by atoms with Crippen molar-refractivity contribution >= 4 is 11.6 Å². The molecular formula is C11H6ClFN. The molecule has 0 aliphatic rings. The third-order valence-electron chi connectivity index (χ3n) is 1.81. The molecule has 3 heteroatoms. The van der Waals surface area contributed by atoms with E-state index in [0.29, 0.717) is 16.3 Å². The Bertz CT molecular complexity index is 439. The van der Waals surface area contributed by atoms with Gasteiger partial charge in [0.2, 0.25) is 0 Å². The molecule has 1 heterocycles. The van der Waals surface area contributed by atoms with E-state index in [1.54, 1.807) is 24.3 Å². The van der Waals surface area contributed by atoms with Crippen LogP contribution in [0.2, 0.25) is 5.02 Å². The monoisotopic (exact) mass is 206 g/mol. The van der Waals surface area contributed by atoms with Crippen molar-refractivity contribution in [2.75, 3.05) is 0 Å². The summed E-state index contributed by atoms with van der Waals surface area (Å²) in [7, 11) is 0. The number of pyridine rings is 1. The zero-order chi connectivity index (χ0) is 9.97. The van der Waals surface area contributed by atoms with Crippen molar-refractivity contribution in [2.24, 2.45) is 0 Å². The number of aromatic nitrogens is 1. The van der Waals surface area contributed by atoms with Crippen LogP contribution >= 0.6 is 11.6 Å². The first-order valence-corrected chi connectivity index (χ1v) is 4.43. The van der Waals surface area contributed by atoms with Gasteiger partial charge >= 0.3 is 0 Å². The van der Waals surface area contributed by atoms with Crippen LogP contribution in [0.25, 0.3) is 11.3 Å². The Morgan fingerprint density at radius 3 is 2.79 bits per heavy atom. The molecule has 0 fully saturated rings. The van der Waals surface area contributed by atoms with E-state index in [1.165, 1.54) is 12.3 Å². The maximum atomic E-state index is 13.2. The smallest absolute Gasteiger partial charge is 0.140 e. The largest absolute Gasteiger partial charge is 0.255 e. The van der Waals surface area contributed by atoms with Gasteiger partial charge in [-0.2, -0.15) is 0 Å². The summed E-state index contributed by atoms with van der Waals surface area (Å²) in [6, 6.07) is 10.7. The highest BCUT2D eigenvalue weighted by molar-refractivity contribution is 6.30. The summed E-state index contributed by atoms with van der Waals surface area (Å²) in [5.74, 6) is -0.401. The molecule has 0 amide bonds. The Balaban J connectivity index is 2.50. The van der Waals surface area contributed by atoms with E-state index in [2.05, 4.69) is 11.1 Å². The van der Waals surface area contributed by atoms with Crippen LogP contribution in [-0.2, 0) is 0 Å². The zero-order valence-corrected chi connectivity index (χ0v) is 7.92. The summed E-state index contributed by atoms with van der Waals surface area (Å²) in [6.45, 7) is 0. The fourth-order valence-corrected chi connectivity index (χ4v) is 1.26. The van der Waals surface area contributed by atoms with Gasteiger partial charge in [0, 0.05) is 17.8 Å². The minimum atomic E-state index is -0.401. The second kappa shape index (κ2) is 3.76. The number of benzene rings is 1. The average Bonchev–Trinajstić information content (AvgIpc) is 2.20. The molecule has 1 radical (unpaired) electrons. The van der Waals surface area contributed by atoms with E-state index in [9.17, 15) is 4.39 Å². The van der Waals surface area contributed by atoms with Gasteiger partial charge in [-0.15, -0.1) is 0 Å². The third-order valence-corrected chi connectivity index (χ3v) is 2.03. The van der Waals surface area contributed by atoms with E-state index in [1.807, 2.05) is 0 Å². The number of hydrogen-bond acceptors (Lipinski definition) is 1. The first kappa shape index (κ1) is 9.16. The van der Waals surface area contributed by atoms with Crippen molar-refractivity contribution < 1.29 is 4.39 Å². The standard InChI is InChI=1S/C11H6ClFN/c12-8-5-6-11(14-7-8)9-3-1-2-4-10(9)13/h1-3,5-7H. The molecule has 0 aliphatic heterocycles. The van der Waals surface area contributed by atoms with Gasteiger partial charge in [0.15, 0.2) is 0 Å². The summed E-state index contributed by atoms with van der Waals surface area (Å²) in [6.07, 6.45) is 1.49. The van der Waals surface area contributed by atoms with E-state index < -0.39 is 5.82 Å². The molecule has 14 heavy (non-hydrogen) atoms. The highest BCUT2D eigenvalue weighted by Gasteiger charge is 2.04. The molecule has 0 saturated carbocycles. The van der Waals surface area contributed by atoms with Crippen LogP contribution in [0.15, 0.2) is 36.5 Å². The maximum Gasteiger partial charge on any atom is 0.140 e. The third kappa shape index (κ3) is 1.75. The zero-order valence-electron chi connectivity index (χ0n) is 7.17. The van der Waals surface area contributed by atoms with Crippen LogP contribution in [-0.4, -0.2) is 4.98 Å². The lowest BCUT2D eigenvalue weighted by atomic mass is 10.1. The first-order valence-electron chi connectivity index (χ1n) is 4.05. The molecule has 1 nitrogen and oxygen atoms in total. The predicted molar refractivity (Wildman–Crippen MR) is 53.5 cm³/mol. The van der Waals surface area contributed by atoms with Crippen molar-refractivity contribution in [1.82, 2.24) is 4.98 Å². The second-order valence-electron chi connectivity index (χ2n) is 2.76. The summed E-state index contributed by atoms with van der Waals surface area (Å²) >= 11 is 5.67. The highest BCUT2D eigenvalue weighted by Crippen LogP contribution is 2.20. The van der Waals surface area contributed by atoms with Gasteiger partial charge in [-0.05, 0) is 18.2 Å².